The molecule has 194 valence electrons. The third-order valence-electron chi connectivity index (χ3n) is 5.40. The summed E-state index contributed by atoms with van der Waals surface area (Å²) in [5.74, 6) is -1.38. The van der Waals surface area contributed by atoms with E-state index in [0.29, 0.717) is 22.4 Å². The molecule has 3 aromatic rings. The van der Waals surface area contributed by atoms with Gasteiger partial charge in [0.05, 0.1) is 18.5 Å². The van der Waals surface area contributed by atoms with Gasteiger partial charge >= 0.3 is 6.18 Å². The first-order valence-corrected chi connectivity index (χ1v) is 11.2. The molecule has 0 saturated carbocycles. The Balaban J connectivity index is 1.56. The maximum Gasteiger partial charge on any atom is 0.419 e. The highest BCUT2D eigenvalue weighted by atomic mass is 19.4. The number of rotatable bonds is 11. The van der Waals surface area contributed by atoms with E-state index >= 15 is 0 Å². The number of aromatic nitrogens is 1. The molecule has 1 atom stereocenters. The Morgan fingerprint density at radius 3 is 2.38 bits per heavy atom. The highest BCUT2D eigenvalue weighted by Crippen LogP contribution is 2.38. The molecule has 0 bridgehead atoms. The fraction of sp³-hybridized carbons (Fsp3) is 0.231. The second kappa shape index (κ2) is 12.1. The number of carbonyl (C=O) groups is 2. The number of amides is 1. The van der Waals surface area contributed by atoms with Crippen LogP contribution in [0.3, 0.4) is 0 Å². The smallest absolute Gasteiger partial charge is 0.419 e. The minimum Gasteiger partial charge on any atom is -0.488 e. The Morgan fingerprint density at radius 2 is 1.76 bits per heavy atom. The van der Waals surface area contributed by atoms with E-state index in [0.717, 1.165) is 6.07 Å². The van der Waals surface area contributed by atoms with Crippen molar-refractivity contribution in [2.75, 3.05) is 11.9 Å². The molecule has 1 heterocycles. The first kappa shape index (κ1) is 27.3. The van der Waals surface area contributed by atoms with Crippen molar-refractivity contribution in [2.24, 2.45) is 5.73 Å². The van der Waals surface area contributed by atoms with E-state index in [1.165, 1.54) is 24.5 Å². The molecule has 3 rings (SSSR count). The first-order valence-electron chi connectivity index (χ1n) is 11.2. The van der Waals surface area contributed by atoms with Crippen molar-refractivity contribution in [3.8, 4) is 5.75 Å². The van der Waals surface area contributed by atoms with Crippen LogP contribution in [0.1, 0.15) is 41.6 Å². The number of carbonyl (C=O) groups excluding carboxylic acids is 2. The van der Waals surface area contributed by atoms with Crippen LogP contribution in [-0.4, -0.2) is 29.1 Å². The van der Waals surface area contributed by atoms with Gasteiger partial charge in [-0.1, -0.05) is 6.07 Å². The quantitative estimate of drug-likeness (QED) is 0.173. The number of ketones is 1. The van der Waals surface area contributed by atoms with Crippen LogP contribution in [0.4, 0.5) is 18.9 Å². The molecule has 1 amide bonds. The molecule has 1 aromatic heterocycles. The second-order valence-electron chi connectivity index (χ2n) is 8.25. The third-order valence-corrected chi connectivity index (χ3v) is 5.40. The standard InChI is InChI=1S/C26H26F3N5O3/c1-16(33-14-21(35)13-24(36)34-20-5-2-18(3-6-20)25(30)31)19-4-7-23(22(12-19)26(27,28)29)37-15-17-8-10-32-11-9-17/h2-12,16,33H,13-15H2,1H3,(H3,30,31)(H,34,36)/t16-/m0/s1. The van der Waals surface area contributed by atoms with E-state index in [1.807, 2.05) is 0 Å². The summed E-state index contributed by atoms with van der Waals surface area (Å²) in [6, 6.07) is 12.7. The van der Waals surface area contributed by atoms with Crippen molar-refractivity contribution in [3.05, 3.63) is 89.2 Å². The number of alkyl halides is 3. The van der Waals surface area contributed by atoms with Gasteiger partial charge in [-0.05, 0) is 66.6 Å². The molecule has 2 aromatic carbocycles. The molecule has 0 aliphatic carbocycles. The van der Waals surface area contributed by atoms with Gasteiger partial charge in [-0.3, -0.25) is 20.0 Å². The fourth-order valence-corrected chi connectivity index (χ4v) is 3.37. The van der Waals surface area contributed by atoms with Crippen LogP contribution >= 0.6 is 0 Å². The molecule has 37 heavy (non-hydrogen) atoms. The van der Waals surface area contributed by atoms with E-state index in [2.05, 4.69) is 15.6 Å². The lowest BCUT2D eigenvalue weighted by Crippen LogP contribution is -2.29. The Kier molecular flexibility index (Phi) is 8.96. The summed E-state index contributed by atoms with van der Waals surface area (Å²) in [5.41, 5.74) is 6.39. The van der Waals surface area contributed by atoms with E-state index in [4.69, 9.17) is 15.9 Å². The van der Waals surface area contributed by atoms with Crippen LogP contribution in [0.5, 0.6) is 5.75 Å². The molecule has 0 spiro atoms. The summed E-state index contributed by atoms with van der Waals surface area (Å²) in [7, 11) is 0. The zero-order valence-corrected chi connectivity index (χ0v) is 19.9. The highest BCUT2D eigenvalue weighted by Gasteiger charge is 2.35. The summed E-state index contributed by atoms with van der Waals surface area (Å²) >= 11 is 0. The van der Waals surface area contributed by atoms with Gasteiger partial charge in [0, 0.05) is 29.7 Å². The number of nitrogens with zero attached hydrogens (tertiary/aromatic N) is 1. The molecule has 0 saturated heterocycles. The van der Waals surface area contributed by atoms with Gasteiger partial charge < -0.3 is 21.1 Å². The molecule has 0 radical (unpaired) electrons. The summed E-state index contributed by atoms with van der Waals surface area (Å²) in [6.07, 6.45) is -2.00. The predicted octanol–water partition coefficient (Wildman–Crippen LogP) is 4.21. The number of anilines is 1. The summed E-state index contributed by atoms with van der Waals surface area (Å²) in [6.45, 7) is 1.37. The van der Waals surface area contributed by atoms with Crippen molar-refractivity contribution in [1.82, 2.24) is 10.3 Å². The SMILES string of the molecule is C[C@H](NCC(=O)CC(=O)Nc1ccc(C(=N)N)cc1)c1ccc(OCc2ccncc2)c(C(F)(F)F)c1. The number of nitrogen functional groups attached to an aromatic ring is 1. The maximum atomic E-state index is 13.7. The lowest BCUT2D eigenvalue weighted by Gasteiger charge is -2.19. The molecule has 5 N–H and O–H groups in total. The number of pyridine rings is 1. The Bertz CT molecular complexity index is 1250. The monoisotopic (exact) mass is 513 g/mol. The van der Waals surface area contributed by atoms with Crippen molar-refractivity contribution >= 4 is 23.2 Å². The third kappa shape index (κ3) is 8.14. The summed E-state index contributed by atoms with van der Waals surface area (Å²) in [5, 5.41) is 12.8. The van der Waals surface area contributed by atoms with Gasteiger partial charge in [-0.2, -0.15) is 13.2 Å². The van der Waals surface area contributed by atoms with Crippen LogP contribution in [0.2, 0.25) is 0 Å². The highest BCUT2D eigenvalue weighted by molar-refractivity contribution is 6.05. The maximum absolute atomic E-state index is 13.7. The van der Waals surface area contributed by atoms with Crippen LogP contribution < -0.4 is 21.1 Å². The topological polar surface area (TPSA) is 130 Å². The van der Waals surface area contributed by atoms with Crippen molar-refractivity contribution in [1.29, 1.82) is 5.41 Å². The van der Waals surface area contributed by atoms with Crippen molar-refractivity contribution < 1.29 is 27.5 Å². The second-order valence-corrected chi connectivity index (χ2v) is 8.25. The molecule has 0 aliphatic heterocycles. The van der Waals surface area contributed by atoms with E-state index in [-0.39, 0.29) is 24.7 Å². The number of hydrogen-bond acceptors (Lipinski definition) is 6. The zero-order valence-electron chi connectivity index (χ0n) is 19.9. The number of nitrogens with two attached hydrogens (primary N) is 1. The molecule has 0 aliphatic rings. The largest absolute Gasteiger partial charge is 0.488 e. The Hall–Kier alpha value is -4.25. The van der Waals surface area contributed by atoms with Crippen molar-refractivity contribution in [2.45, 2.75) is 32.2 Å². The Morgan fingerprint density at radius 1 is 1.08 bits per heavy atom. The minimum atomic E-state index is -4.64. The number of benzene rings is 2. The Labute approximate surface area is 211 Å². The predicted molar refractivity (Wildman–Crippen MR) is 132 cm³/mol. The van der Waals surface area contributed by atoms with Gasteiger partial charge in [-0.25, -0.2) is 0 Å². The van der Waals surface area contributed by atoms with Gasteiger partial charge in [0.25, 0.3) is 0 Å². The number of amidine groups is 1. The number of halogens is 3. The molecule has 0 unspecified atom stereocenters. The molecular weight excluding hydrogens is 487 g/mol. The number of Topliss-reactive ketones (excluding diaryl/α,β-unsaturated/α-hetero) is 1. The normalized spacial score (nSPS) is 12.0. The van der Waals surface area contributed by atoms with Crippen LogP contribution in [0.25, 0.3) is 0 Å². The number of ether oxygens (including phenoxy) is 1. The number of nitrogens with one attached hydrogen (secondary N) is 3. The van der Waals surface area contributed by atoms with E-state index < -0.39 is 35.9 Å². The fourth-order valence-electron chi connectivity index (χ4n) is 3.37. The van der Waals surface area contributed by atoms with E-state index in [9.17, 15) is 22.8 Å². The molecular formula is C26H26F3N5O3. The molecule has 8 nitrogen and oxygen atoms in total. The lowest BCUT2D eigenvalue weighted by atomic mass is 10.0. The average molecular weight is 514 g/mol. The van der Waals surface area contributed by atoms with Crippen molar-refractivity contribution in [3.63, 3.8) is 0 Å². The zero-order chi connectivity index (χ0) is 27.0. The van der Waals surface area contributed by atoms with Crippen LogP contribution in [0.15, 0.2) is 67.0 Å². The lowest BCUT2D eigenvalue weighted by molar-refractivity contribution is -0.139. The summed E-state index contributed by atoms with van der Waals surface area (Å²) in [4.78, 5) is 28.3. The molecule has 11 heteroatoms. The van der Waals surface area contributed by atoms with Crippen LogP contribution in [-0.2, 0) is 22.4 Å². The van der Waals surface area contributed by atoms with Gasteiger partial charge in [0.2, 0.25) is 5.91 Å². The summed E-state index contributed by atoms with van der Waals surface area (Å²) < 4.78 is 46.5. The van der Waals surface area contributed by atoms with Gasteiger partial charge in [0.15, 0.2) is 5.78 Å². The molecule has 0 fully saturated rings. The van der Waals surface area contributed by atoms with Gasteiger partial charge in [0.1, 0.15) is 18.2 Å². The minimum absolute atomic E-state index is 0.0454. The number of hydrogen-bond donors (Lipinski definition) is 4. The van der Waals surface area contributed by atoms with Gasteiger partial charge in [-0.15, -0.1) is 0 Å². The van der Waals surface area contributed by atoms with E-state index in [1.54, 1.807) is 43.3 Å². The first-order chi connectivity index (χ1) is 17.5. The average Bonchev–Trinajstić information content (AvgIpc) is 2.86. The van der Waals surface area contributed by atoms with Crippen LogP contribution in [0, 0.1) is 5.41 Å².